The third kappa shape index (κ3) is 6.20. The number of likely N-dealkylation sites (tertiary alicyclic amines) is 1. The van der Waals surface area contributed by atoms with Gasteiger partial charge in [-0.15, -0.1) is 24.0 Å². The molecule has 2 N–H and O–H groups in total. The third-order valence-corrected chi connectivity index (χ3v) is 5.18. The van der Waals surface area contributed by atoms with E-state index in [1.54, 1.807) is 7.05 Å². The number of rotatable bonds is 6. The van der Waals surface area contributed by atoms with E-state index in [2.05, 4.69) is 39.5 Å². The Labute approximate surface area is 185 Å². The Bertz CT molecular complexity index is 738. The largest absolute Gasteiger partial charge is 0.356 e. The van der Waals surface area contributed by atoms with E-state index in [9.17, 15) is 0 Å². The molecule has 154 valence electrons. The topological polar surface area (TPSA) is 65.7 Å². The lowest BCUT2D eigenvalue weighted by atomic mass is 9.98. The van der Waals surface area contributed by atoms with Crippen LogP contribution in [0.15, 0.2) is 45.9 Å². The van der Waals surface area contributed by atoms with Crippen LogP contribution in [0.25, 0.3) is 11.3 Å². The second kappa shape index (κ2) is 10.8. The number of nitrogens with one attached hydrogen (secondary N) is 2. The van der Waals surface area contributed by atoms with Gasteiger partial charge in [-0.05, 0) is 39.8 Å². The Morgan fingerprint density at radius 1 is 1.14 bits per heavy atom. The molecule has 0 bridgehead atoms. The van der Waals surface area contributed by atoms with Crippen LogP contribution >= 0.6 is 24.0 Å². The summed E-state index contributed by atoms with van der Waals surface area (Å²) in [4.78, 5) is 6.90. The molecule has 6 nitrogen and oxygen atoms in total. The molecule has 0 saturated carbocycles. The number of guanidine groups is 1. The minimum absolute atomic E-state index is 0. The second-order valence-electron chi connectivity index (χ2n) is 7.69. The van der Waals surface area contributed by atoms with E-state index in [-0.39, 0.29) is 29.5 Å². The van der Waals surface area contributed by atoms with Crippen molar-refractivity contribution >= 4 is 29.9 Å². The normalized spacial score (nSPS) is 15.8. The number of hydrogen-bond acceptors (Lipinski definition) is 4. The minimum atomic E-state index is 0. The van der Waals surface area contributed by atoms with Crippen LogP contribution in [-0.2, 0) is 6.54 Å². The van der Waals surface area contributed by atoms with E-state index < -0.39 is 0 Å². The van der Waals surface area contributed by atoms with Gasteiger partial charge in [-0.1, -0.05) is 41.9 Å². The maximum atomic E-state index is 5.45. The van der Waals surface area contributed by atoms with Crippen LogP contribution in [0.3, 0.4) is 0 Å². The fourth-order valence-corrected chi connectivity index (χ4v) is 3.44. The average Bonchev–Trinajstić information content (AvgIpc) is 3.18. The molecule has 1 saturated heterocycles. The van der Waals surface area contributed by atoms with Gasteiger partial charge in [0.15, 0.2) is 11.7 Å². The summed E-state index contributed by atoms with van der Waals surface area (Å²) >= 11 is 0. The molecule has 7 heteroatoms. The molecule has 1 fully saturated rings. The van der Waals surface area contributed by atoms with Crippen LogP contribution in [0, 0.1) is 0 Å². The predicted octanol–water partition coefficient (Wildman–Crippen LogP) is 3.89. The van der Waals surface area contributed by atoms with Crippen molar-refractivity contribution in [3.63, 3.8) is 0 Å². The number of benzene rings is 1. The number of aromatic nitrogens is 1. The van der Waals surface area contributed by atoms with Crippen LogP contribution in [0.5, 0.6) is 0 Å². The van der Waals surface area contributed by atoms with Gasteiger partial charge in [-0.2, -0.15) is 0 Å². The predicted molar refractivity (Wildman–Crippen MR) is 125 cm³/mol. The summed E-state index contributed by atoms with van der Waals surface area (Å²) < 4.78 is 5.45. The molecule has 1 aliphatic heterocycles. The van der Waals surface area contributed by atoms with Crippen molar-refractivity contribution in [3.05, 3.63) is 42.1 Å². The van der Waals surface area contributed by atoms with Gasteiger partial charge in [0.25, 0.3) is 0 Å². The van der Waals surface area contributed by atoms with Crippen molar-refractivity contribution in [3.8, 4) is 11.3 Å². The molecule has 2 aromatic rings. The highest BCUT2D eigenvalue weighted by atomic mass is 127. The van der Waals surface area contributed by atoms with Gasteiger partial charge in [0, 0.05) is 30.8 Å². The van der Waals surface area contributed by atoms with Crippen LogP contribution in [0.4, 0.5) is 0 Å². The summed E-state index contributed by atoms with van der Waals surface area (Å²) in [5, 5.41) is 10.9. The monoisotopic (exact) mass is 497 g/mol. The molecule has 0 amide bonds. The highest BCUT2D eigenvalue weighted by Crippen LogP contribution is 2.20. The van der Waals surface area contributed by atoms with Gasteiger partial charge >= 0.3 is 0 Å². The van der Waals surface area contributed by atoms with E-state index >= 15 is 0 Å². The van der Waals surface area contributed by atoms with Gasteiger partial charge in [-0.3, -0.25) is 9.89 Å². The molecule has 0 unspecified atom stereocenters. The van der Waals surface area contributed by atoms with Gasteiger partial charge in [0.1, 0.15) is 5.69 Å². The summed E-state index contributed by atoms with van der Waals surface area (Å²) in [6, 6.07) is 12.0. The molecule has 0 atom stereocenters. The van der Waals surface area contributed by atoms with Crippen molar-refractivity contribution in [2.75, 3.05) is 26.7 Å². The summed E-state index contributed by atoms with van der Waals surface area (Å²) in [6.07, 6.45) is 3.95. The Morgan fingerprint density at radius 3 is 2.54 bits per heavy atom. The standard InChI is InChI=1S/C21H31N5O.HI/c1-21(2,26-12-8-5-9-13-26)16-24-20(22-3)23-15-18-14-19(27-25-18)17-10-6-4-7-11-17;/h4,6-7,10-11,14H,5,8-9,12-13,15-16H2,1-3H3,(H2,22,23,24);1H. The number of halogens is 1. The molecule has 1 aliphatic rings. The molecule has 1 aromatic heterocycles. The van der Waals surface area contributed by atoms with Crippen molar-refractivity contribution in [2.45, 2.75) is 45.2 Å². The SMILES string of the molecule is CN=C(NCc1cc(-c2ccccc2)on1)NCC(C)(C)N1CCCCC1.I. The summed E-state index contributed by atoms with van der Waals surface area (Å²) in [6.45, 7) is 8.37. The molecular formula is C21H32IN5O. The number of piperidine rings is 1. The smallest absolute Gasteiger partial charge is 0.191 e. The van der Waals surface area contributed by atoms with Crippen LogP contribution in [0.2, 0.25) is 0 Å². The maximum absolute atomic E-state index is 5.45. The lowest BCUT2D eigenvalue weighted by Crippen LogP contribution is -2.54. The van der Waals surface area contributed by atoms with E-state index in [1.165, 1.54) is 32.4 Å². The van der Waals surface area contributed by atoms with Gasteiger partial charge in [-0.25, -0.2) is 0 Å². The molecule has 0 radical (unpaired) electrons. The Hall–Kier alpha value is -1.61. The summed E-state index contributed by atoms with van der Waals surface area (Å²) in [5.74, 6) is 1.56. The Kier molecular flexibility index (Phi) is 8.75. The molecule has 0 aliphatic carbocycles. The lowest BCUT2D eigenvalue weighted by Gasteiger charge is -2.41. The highest BCUT2D eigenvalue weighted by molar-refractivity contribution is 14.0. The zero-order chi connectivity index (χ0) is 19.1. The van der Waals surface area contributed by atoms with Crippen LogP contribution in [-0.4, -0.2) is 48.2 Å². The number of hydrogen-bond donors (Lipinski definition) is 2. The van der Waals surface area contributed by atoms with Gasteiger partial charge in [0.2, 0.25) is 0 Å². The molecule has 0 spiro atoms. The first-order valence-electron chi connectivity index (χ1n) is 9.79. The van der Waals surface area contributed by atoms with Crippen molar-refractivity contribution < 1.29 is 4.52 Å². The number of nitrogens with zero attached hydrogens (tertiary/aromatic N) is 3. The van der Waals surface area contributed by atoms with Crippen molar-refractivity contribution in [1.29, 1.82) is 0 Å². The Balaban J connectivity index is 0.00000280. The van der Waals surface area contributed by atoms with Crippen LogP contribution < -0.4 is 10.6 Å². The first kappa shape index (κ1) is 22.7. The highest BCUT2D eigenvalue weighted by Gasteiger charge is 2.27. The number of aliphatic imine (C=N–C) groups is 1. The lowest BCUT2D eigenvalue weighted by molar-refractivity contribution is 0.0982. The van der Waals surface area contributed by atoms with E-state index in [4.69, 9.17) is 4.52 Å². The fraction of sp³-hybridized carbons (Fsp3) is 0.524. The summed E-state index contributed by atoms with van der Waals surface area (Å²) in [7, 11) is 1.79. The summed E-state index contributed by atoms with van der Waals surface area (Å²) in [5.41, 5.74) is 1.99. The van der Waals surface area contributed by atoms with Crippen molar-refractivity contribution in [1.82, 2.24) is 20.7 Å². The first-order valence-corrected chi connectivity index (χ1v) is 9.79. The van der Waals surface area contributed by atoms with Crippen LogP contribution in [0.1, 0.15) is 38.8 Å². The quantitative estimate of drug-likeness (QED) is 0.360. The molecule has 28 heavy (non-hydrogen) atoms. The van der Waals surface area contributed by atoms with Gasteiger partial charge < -0.3 is 15.2 Å². The zero-order valence-electron chi connectivity index (χ0n) is 17.1. The minimum Gasteiger partial charge on any atom is -0.356 e. The molecular weight excluding hydrogens is 465 g/mol. The third-order valence-electron chi connectivity index (χ3n) is 5.18. The molecule has 2 heterocycles. The zero-order valence-corrected chi connectivity index (χ0v) is 19.4. The second-order valence-corrected chi connectivity index (χ2v) is 7.69. The fourth-order valence-electron chi connectivity index (χ4n) is 3.44. The Morgan fingerprint density at radius 2 is 1.86 bits per heavy atom. The van der Waals surface area contributed by atoms with Gasteiger partial charge in [0.05, 0.1) is 6.54 Å². The average molecular weight is 497 g/mol. The van der Waals surface area contributed by atoms with E-state index in [0.29, 0.717) is 6.54 Å². The molecule has 3 rings (SSSR count). The van der Waals surface area contributed by atoms with Crippen molar-refractivity contribution in [2.24, 2.45) is 4.99 Å². The van der Waals surface area contributed by atoms with E-state index in [0.717, 1.165) is 29.5 Å². The first-order chi connectivity index (χ1) is 13.1. The molecule has 1 aromatic carbocycles. The maximum Gasteiger partial charge on any atom is 0.191 e. The van der Waals surface area contributed by atoms with E-state index in [1.807, 2.05) is 36.4 Å².